The summed E-state index contributed by atoms with van der Waals surface area (Å²) < 4.78 is 11.3. The van der Waals surface area contributed by atoms with Crippen molar-refractivity contribution in [1.29, 1.82) is 0 Å². The molecule has 2 aromatic carbocycles. The van der Waals surface area contributed by atoms with Crippen molar-refractivity contribution in [3.05, 3.63) is 48.5 Å². The van der Waals surface area contributed by atoms with Gasteiger partial charge in [-0.25, -0.2) is 0 Å². The summed E-state index contributed by atoms with van der Waals surface area (Å²) in [5, 5.41) is 2.78. The Labute approximate surface area is 115 Å². The van der Waals surface area contributed by atoms with E-state index in [-0.39, 0.29) is 12.5 Å². The van der Waals surface area contributed by atoms with Gasteiger partial charge in [0, 0.05) is 11.1 Å². The Bertz CT molecular complexity index is 764. The summed E-state index contributed by atoms with van der Waals surface area (Å²) in [6, 6.07) is 11.7. The van der Waals surface area contributed by atoms with Gasteiger partial charge in [0.1, 0.15) is 5.76 Å². The van der Waals surface area contributed by atoms with Crippen molar-refractivity contribution in [3.8, 4) is 22.6 Å². The van der Waals surface area contributed by atoms with Crippen molar-refractivity contribution < 1.29 is 14.3 Å². The predicted octanol–water partition coefficient (Wildman–Crippen LogP) is 3.05. The maximum Gasteiger partial charge on any atom is 0.262 e. The Morgan fingerprint density at radius 1 is 1.00 bits per heavy atom. The normalized spacial score (nSPS) is 15.2. The van der Waals surface area contributed by atoms with Crippen LogP contribution in [0.4, 0.5) is 5.69 Å². The van der Waals surface area contributed by atoms with E-state index in [0.717, 1.165) is 16.7 Å². The standard InChI is InChI=1S/C16H11NO3/c1-9-10-4-2-3-5-11(10)12-6-7-13-16(15(12)20-9)19-8-14(18)17-13/h2-7H,1,8H2,(H,17,18). The summed E-state index contributed by atoms with van der Waals surface area (Å²) in [5.74, 6) is 1.61. The van der Waals surface area contributed by atoms with Gasteiger partial charge in [-0.1, -0.05) is 30.8 Å². The molecule has 4 rings (SSSR count). The van der Waals surface area contributed by atoms with E-state index in [2.05, 4.69) is 11.9 Å². The fourth-order valence-corrected chi connectivity index (χ4v) is 2.58. The summed E-state index contributed by atoms with van der Waals surface area (Å²) in [6.07, 6.45) is 0. The zero-order valence-corrected chi connectivity index (χ0v) is 10.6. The molecule has 2 heterocycles. The molecular formula is C16H11NO3. The number of nitrogens with one attached hydrogen (secondary N) is 1. The molecular weight excluding hydrogens is 254 g/mol. The summed E-state index contributed by atoms with van der Waals surface area (Å²) in [5.41, 5.74) is 3.61. The van der Waals surface area contributed by atoms with Crippen LogP contribution in [0.15, 0.2) is 43.0 Å². The molecule has 0 aliphatic carbocycles. The fourth-order valence-electron chi connectivity index (χ4n) is 2.58. The monoisotopic (exact) mass is 265 g/mol. The second-order valence-electron chi connectivity index (χ2n) is 4.73. The number of fused-ring (bicyclic) bond motifs is 5. The molecule has 0 saturated carbocycles. The number of hydrogen-bond donors (Lipinski definition) is 1. The van der Waals surface area contributed by atoms with E-state index in [9.17, 15) is 4.79 Å². The van der Waals surface area contributed by atoms with E-state index in [1.54, 1.807) is 0 Å². The second kappa shape index (κ2) is 3.87. The maximum absolute atomic E-state index is 11.4. The minimum atomic E-state index is -0.160. The van der Waals surface area contributed by atoms with Gasteiger partial charge in [-0.15, -0.1) is 0 Å². The van der Waals surface area contributed by atoms with E-state index in [1.165, 1.54) is 0 Å². The highest BCUT2D eigenvalue weighted by Crippen LogP contribution is 2.50. The Morgan fingerprint density at radius 3 is 2.65 bits per heavy atom. The number of anilines is 1. The summed E-state index contributed by atoms with van der Waals surface area (Å²) in [4.78, 5) is 11.4. The van der Waals surface area contributed by atoms with Gasteiger partial charge in [-0.2, -0.15) is 0 Å². The van der Waals surface area contributed by atoms with Crippen LogP contribution in [-0.4, -0.2) is 12.5 Å². The molecule has 0 unspecified atom stereocenters. The molecule has 20 heavy (non-hydrogen) atoms. The number of hydrogen-bond acceptors (Lipinski definition) is 3. The van der Waals surface area contributed by atoms with E-state index >= 15 is 0 Å². The van der Waals surface area contributed by atoms with E-state index in [0.29, 0.717) is 22.9 Å². The molecule has 4 heteroatoms. The SMILES string of the molecule is C=C1Oc2c(ccc3c2OCC(=O)N3)-c2ccccc21. The Kier molecular flexibility index (Phi) is 2.15. The van der Waals surface area contributed by atoms with Crippen LogP contribution in [-0.2, 0) is 4.79 Å². The van der Waals surface area contributed by atoms with Gasteiger partial charge < -0.3 is 14.8 Å². The van der Waals surface area contributed by atoms with Crippen molar-refractivity contribution in [3.63, 3.8) is 0 Å². The number of carbonyl (C=O) groups is 1. The van der Waals surface area contributed by atoms with Crippen LogP contribution in [0.1, 0.15) is 5.56 Å². The lowest BCUT2D eigenvalue weighted by molar-refractivity contribution is -0.118. The third-order valence-corrected chi connectivity index (χ3v) is 3.48. The van der Waals surface area contributed by atoms with Crippen LogP contribution in [0.25, 0.3) is 16.9 Å². The lowest BCUT2D eigenvalue weighted by Gasteiger charge is -2.27. The molecule has 2 aromatic rings. The smallest absolute Gasteiger partial charge is 0.262 e. The van der Waals surface area contributed by atoms with Crippen LogP contribution in [0.3, 0.4) is 0 Å². The van der Waals surface area contributed by atoms with Gasteiger partial charge in [0.2, 0.25) is 0 Å². The first kappa shape index (κ1) is 11.1. The number of amides is 1. The molecule has 0 bridgehead atoms. The predicted molar refractivity (Wildman–Crippen MR) is 75.7 cm³/mol. The first-order chi connectivity index (χ1) is 9.74. The highest BCUT2D eigenvalue weighted by atomic mass is 16.5. The van der Waals surface area contributed by atoms with Crippen LogP contribution in [0.2, 0.25) is 0 Å². The van der Waals surface area contributed by atoms with E-state index in [4.69, 9.17) is 9.47 Å². The van der Waals surface area contributed by atoms with Gasteiger partial charge in [0.05, 0.1) is 5.69 Å². The fraction of sp³-hybridized carbons (Fsp3) is 0.0625. The van der Waals surface area contributed by atoms with Crippen LogP contribution >= 0.6 is 0 Å². The van der Waals surface area contributed by atoms with Gasteiger partial charge in [-0.05, 0) is 17.7 Å². The molecule has 0 saturated heterocycles. The van der Waals surface area contributed by atoms with E-state index in [1.807, 2.05) is 36.4 Å². The zero-order chi connectivity index (χ0) is 13.7. The molecule has 2 aliphatic heterocycles. The molecule has 1 amide bonds. The second-order valence-corrected chi connectivity index (χ2v) is 4.73. The van der Waals surface area contributed by atoms with Crippen molar-refractivity contribution in [2.24, 2.45) is 0 Å². The largest absolute Gasteiger partial charge is 0.478 e. The van der Waals surface area contributed by atoms with Gasteiger partial charge in [0.15, 0.2) is 18.1 Å². The molecule has 0 fully saturated rings. The van der Waals surface area contributed by atoms with Crippen molar-refractivity contribution in [2.75, 3.05) is 11.9 Å². The molecule has 4 nitrogen and oxygen atoms in total. The average Bonchev–Trinajstić information content (AvgIpc) is 2.47. The van der Waals surface area contributed by atoms with Crippen LogP contribution in [0, 0.1) is 0 Å². The van der Waals surface area contributed by atoms with Crippen molar-refractivity contribution in [1.82, 2.24) is 0 Å². The summed E-state index contributed by atoms with van der Waals surface area (Å²) >= 11 is 0. The summed E-state index contributed by atoms with van der Waals surface area (Å²) in [7, 11) is 0. The van der Waals surface area contributed by atoms with Crippen molar-refractivity contribution >= 4 is 17.4 Å². The Hall–Kier alpha value is -2.75. The molecule has 98 valence electrons. The highest BCUT2D eigenvalue weighted by molar-refractivity contribution is 5.99. The lowest BCUT2D eigenvalue weighted by atomic mass is 9.94. The molecule has 0 spiro atoms. The maximum atomic E-state index is 11.4. The number of carbonyl (C=O) groups excluding carboxylic acids is 1. The number of rotatable bonds is 0. The molecule has 0 aromatic heterocycles. The summed E-state index contributed by atoms with van der Waals surface area (Å²) in [6.45, 7) is 3.95. The van der Waals surface area contributed by atoms with Gasteiger partial charge >= 0.3 is 0 Å². The quantitative estimate of drug-likeness (QED) is 0.796. The minimum Gasteiger partial charge on any atom is -0.478 e. The zero-order valence-electron chi connectivity index (χ0n) is 10.6. The van der Waals surface area contributed by atoms with Crippen LogP contribution in [0.5, 0.6) is 11.5 Å². The topological polar surface area (TPSA) is 47.6 Å². The molecule has 1 N–H and O–H groups in total. The van der Waals surface area contributed by atoms with Crippen molar-refractivity contribution in [2.45, 2.75) is 0 Å². The van der Waals surface area contributed by atoms with Gasteiger partial charge in [-0.3, -0.25) is 4.79 Å². The first-order valence-corrected chi connectivity index (χ1v) is 6.30. The average molecular weight is 265 g/mol. The Balaban J connectivity index is 1.97. The Morgan fingerprint density at radius 2 is 1.80 bits per heavy atom. The van der Waals surface area contributed by atoms with E-state index < -0.39 is 0 Å². The number of benzene rings is 2. The molecule has 0 atom stereocenters. The molecule has 2 aliphatic rings. The van der Waals surface area contributed by atoms with Crippen LogP contribution < -0.4 is 14.8 Å². The number of ether oxygens (including phenoxy) is 2. The van der Waals surface area contributed by atoms with Gasteiger partial charge in [0.25, 0.3) is 5.91 Å². The first-order valence-electron chi connectivity index (χ1n) is 6.30. The highest BCUT2D eigenvalue weighted by Gasteiger charge is 2.28. The third-order valence-electron chi connectivity index (χ3n) is 3.48. The minimum absolute atomic E-state index is 0.000929. The third kappa shape index (κ3) is 1.45. The molecule has 0 radical (unpaired) electrons. The lowest BCUT2D eigenvalue weighted by Crippen LogP contribution is -2.26.